The standard InChI is InChI=1S/C22H20ClN5OS2/c1-13-4-5-16(10-14(13)2)18-11-30-21(24-18)25-19(29)12-31-22-27-26-20(28(22)3)15-6-8-17(23)9-7-15/h4-11H,12H2,1-3H3,(H,24,25,29). The summed E-state index contributed by atoms with van der Waals surface area (Å²) < 4.78 is 1.86. The van der Waals surface area contributed by atoms with Crippen molar-refractivity contribution in [2.75, 3.05) is 11.1 Å². The largest absolute Gasteiger partial charge is 0.305 e. The average Bonchev–Trinajstić information content (AvgIpc) is 3.36. The van der Waals surface area contributed by atoms with Gasteiger partial charge in [-0.05, 0) is 55.3 Å². The Bertz CT molecular complexity index is 1230. The lowest BCUT2D eigenvalue weighted by molar-refractivity contribution is -0.113. The van der Waals surface area contributed by atoms with E-state index >= 15 is 0 Å². The maximum atomic E-state index is 12.4. The molecule has 2 heterocycles. The molecule has 6 nitrogen and oxygen atoms in total. The molecular formula is C22H20ClN5OS2. The number of carbonyl (C=O) groups excluding carboxylic acids is 1. The predicted octanol–water partition coefficient (Wildman–Crippen LogP) is 5.61. The van der Waals surface area contributed by atoms with Crippen LogP contribution in [0.5, 0.6) is 0 Å². The number of rotatable bonds is 6. The van der Waals surface area contributed by atoms with Crippen LogP contribution in [0.3, 0.4) is 0 Å². The molecule has 0 aliphatic heterocycles. The van der Waals surface area contributed by atoms with Crippen LogP contribution in [0.4, 0.5) is 5.13 Å². The maximum absolute atomic E-state index is 12.4. The van der Waals surface area contributed by atoms with Crippen molar-refractivity contribution in [3.05, 3.63) is 64.0 Å². The van der Waals surface area contributed by atoms with Gasteiger partial charge in [-0.1, -0.05) is 35.5 Å². The van der Waals surface area contributed by atoms with Crippen LogP contribution in [-0.4, -0.2) is 31.4 Å². The summed E-state index contributed by atoms with van der Waals surface area (Å²) in [6, 6.07) is 13.6. The zero-order valence-corrected chi connectivity index (χ0v) is 19.6. The Balaban J connectivity index is 1.37. The molecule has 31 heavy (non-hydrogen) atoms. The third-order valence-corrected chi connectivity index (χ3v) is 6.85. The summed E-state index contributed by atoms with van der Waals surface area (Å²) >= 11 is 8.69. The van der Waals surface area contributed by atoms with E-state index in [0.29, 0.717) is 15.3 Å². The fourth-order valence-electron chi connectivity index (χ4n) is 2.94. The molecule has 0 aliphatic carbocycles. The molecule has 1 amide bonds. The summed E-state index contributed by atoms with van der Waals surface area (Å²) in [7, 11) is 1.88. The number of thioether (sulfide) groups is 1. The van der Waals surface area contributed by atoms with Gasteiger partial charge in [0.15, 0.2) is 16.1 Å². The molecule has 158 valence electrons. The number of aryl methyl sites for hydroxylation is 2. The minimum atomic E-state index is -0.137. The first kappa shape index (κ1) is 21.5. The number of thiazole rings is 1. The smallest absolute Gasteiger partial charge is 0.236 e. The monoisotopic (exact) mass is 469 g/mol. The van der Waals surface area contributed by atoms with Gasteiger partial charge in [0.2, 0.25) is 5.91 Å². The Kier molecular flexibility index (Phi) is 6.41. The van der Waals surface area contributed by atoms with Crippen LogP contribution in [0.1, 0.15) is 11.1 Å². The average molecular weight is 470 g/mol. The summed E-state index contributed by atoms with van der Waals surface area (Å²) in [6.45, 7) is 4.16. The van der Waals surface area contributed by atoms with Gasteiger partial charge in [-0.15, -0.1) is 21.5 Å². The van der Waals surface area contributed by atoms with Crippen LogP contribution < -0.4 is 5.32 Å². The van der Waals surface area contributed by atoms with Crippen molar-refractivity contribution in [2.24, 2.45) is 7.05 Å². The number of aromatic nitrogens is 4. The molecule has 2 aromatic heterocycles. The highest BCUT2D eigenvalue weighted by Crippen LogP contribution is 2.27. The van der Waals surface area contributed by atoms with E-state index in [1.54, 1.807) is 0 Å². The molecule has 0 radical (unpaired) electrons. The van der Waals surface area contributed by atoms with Crippen molar-refractivity contribution in [2.45, 2.75) is 19.0 Å². The molecule has 4 aromatic rings. The Morgan fingerprint density at radius 2 is 1.84 bits per heavy atom. The van der Waals surface area contributed by atoms with Crippen LogP contribution in [0, 0.1) is 13.8 Å². The minimum absolute atomic E-state index is 0.137. The number of nitrogens with zero attached hydrogens (tertiary/aromatic N) is 4. The van der Waals surface area contributed by atoms with E-state index in [9.17, 15) is 4.79 Å². The van der Waals surface area contributed by atoms with Crippen molar-refractivity contribution >= 4 is 45.7 Å². The molecule has 9 heteroatoms. The Hall–Kier alpha value is -2.68. The molecule has 0 aliphatic rings. The number of hydrogen-bond donors (Lipinski definition) is 1. The fourth-order valence-corrected chi connectivity index (χ4v) is 4.51. The second-order valence-corrected chi connectivity index (χ2v) is 9.28. The van der Waals surface area contributed by atoms with Crippen molar-refractivity contribution in [3.63, 3.8) is 0 Å². The maximum Gasteiger partial charge on any atom is 0.236 e. The molecular weight excluding hydrogens is 450 g/mol. The summed E-state index contributed by atoms with van der Waals surface area (Å²) in [5.41, 5.74) is 5.28. The number of nitrogens with one attached hydrogen (secondary N) is 1. The second kappa shape index (κ2) is 9.21. The van der Waals surface area contributed by atoms with E-state index in [2.05, 4.69) is 46.5 Å². The number of carbonyl (C=O) groups is 1. The first-order valence-corrected chi connectivity index (χ1v) is 11.8. The van der Waals surface area contributed by atoms with Gasteiger partial charge in [0.1, 0.15) is 0 Å². The van der Waals surface area contributed by atoms with Crippen molar-refractivity contribution in [1.29, 1.82) is 0 Å². The van der Waals surface area contributed by atoms with Gasteiger partial charge in [-0.2, -0.15) is 0 Å². The molecule has 4 rings (SSSR count). The van der Waals surface area contributed by atoms with Crippen molar-refractivity contribution in [1.82, 2.24) is 19.7 Å². The van der Waals surface area contributed by atoms with E-state index in [0.717, 1.165) is 22.6 Å². The van der Waals surface area contributed by atoms with Crippen LogP contribution >= 0.6 is 34.7 Å². The van der Waals surface area contributed by atoms with Crippen LogP contribution in [0.15, 0.2) is 53.0 Å². The SMILES string of the molecule is Cc1ccc(-c2csc(NC(=O)CSc3nnc(-c4ccc(Cl)cc4)n3C)n2)cc1C. The molecule has 0 saturated carbocycles. The second-order valence-electron chi connectivity index (χ2n) is 7.05. The van der Waals surface area contributed by atoms with E-state index in [1.165, 1.54) is 34.2 Å². The molecule has 0 spiro atoms. The molecule has 0 saturated heterocycles. The number of anilines is 1. The zero-order chi connectivity index (χ0) is 22.0. The van der Waals surface area contributed by atoms with Crippen LogP contribution in [-0.2, 0) is 11.8 Å². The highest BCUT2D eigenvalue weighted by molar-refractivity contribution is 7.99. The Morgan fingerprint density at radius 1 is 1.10 bits per heavy atom. The summed E-state index contributed by atoms with van der Waals surface area (Å²) in [6.07, 6.45) is 0. The van der Waals surface area contributed by atoms with Gasteiger partial charge in [0.05, 0.1) is 11.4 Å². The van der Waals surface area contributed by atoms with Gasteiger partial charge in [-0.3, -0.25) is 4.79 Å². The number of benzene rings is 2. The van der Waals surface area contributed by atoms with Crippen LogP contribution in [0.2, 0.25) is 5.02 Å². The molecule has 2 aromatic carbocycles. The Labute approximate surface area is 193 Å². The zero-order valence-electron chi connectivity index (χ0n) is 17.2. The van der Waals surface area contributed by atoms with Gasteiger partial charge in [-0.25, -0.2) is 4.98 Å². The summed E-state index contributed by atoms with van der Waals surface area (Å²) in [5.74, 6) is 0.796. The number of halogens is 1. The van der Waals surface area contributed by atoms with E-state index in [1.807, 2.05) is 47.3 Å². The normalized spacial score (nSPS) is 11.0. The molecule has 0 unspecified atom stereocenters. The van der Waals surface area contributed by atoms with Gasteiger partial charge in [0.25, 0.3) is 0 Å². The summed E-state index contributed by atoms with van der Waals surface area (Å²) in [4.78, 5) is 17.0. The van der Waals surface area contributed by atoms with Gasteiger partial charge in [0, 0.05) is 28.6 Å². The van der Waals surface area contributed by atoms with E-state index in [-0.39, 0.29) is 11.7 Å². The van der Waals surface area contributed by atoms with Crippen molar-refractivity contribution in [3.8, 4) is 22.6 Å². The first-order valence-electron chi connectivity index (χ1n) is 9.52. The molecule has 0 fully saturated rings. The highest BCUT2D eigenvalue weighted by Gasteiger charge is 2.14. The van der Waals surface area contributed by atoms with Crippen molar-refractivity contribution < 1.29 is 4.79 Å². The lowest BCUT2D eigenvalue weighted by Gasteiger charge is -2.04. The lowest BCUT2D eigenvalue weighted by atomic mass is 10.1. The van der Waals surface area contributed by atoms with E-state index in [4.69, 9.17) is 11.6 Å². The highest BCUT2D eigenvalue weighted by atomic mass is 35.5. The predicted molar refractivity (Wildman–Crippen MR) is 128 cm³/mol. The Morgan fingerprint density at radius 3 is 2.58 bits per heavy atom. The third kappa shape index (κ3) is 4.98. The minimum Gasteiger partial charge on any atom is -0.305 e. The van der Waals surface area contributed by atoms with E-state index < -0.39 is 0 Å². The molecule has 0 atom stereocenters. The quantitative estimate of drug-likeness (QED) is 0.372. The topological polar surface area (TPSA) is 72.7 Å². The molecule has 1 N–H and O–H groups in total. The fraction of sp³-hybridized carbons (Fsp3) is 0.182. The molecule has 0 bridgehead atoms. The number of amides is 1. The van der Waals surface area contributed by atoms with Crippen LogP contribution in [0.25, 0.3) is 22.6 Å². The van der Waals surface area contributed by atoms with Gasteiger partial charge >= 0.3 is 0 Å². The van der Waals surface area contributed by atoms with Gasteiger partial charge < -0.3 is 9.88 Å². The lowest BCUT2D eigenvalue weighted by Crippen LogP contribution is -2.14. The summed E-state index contributed by atoms with van der Waals surface area (Å²) in [5, 5.41) is 15.2. The first-order chi connectivity index (χ1) is 14.9. The number of hydrogen-bond acceptors (Lipinski definition) is 6. The third-order valence-electron chi connectivity index (χ3n) is 4.82.